The monoisotopic (exact) mass is 241 g/mol. The minimum Gasteiger partial charge on any atom is -0.481 e. The van der Waals surface area contributed by atoms with Gasteiger partial charge in [0.25, 0.3) is 0 Å². The maximum absolute atomic E-state index is 10.9. The first-order chi connectivity index (χ1) is 7.54. The molecule has 0 fully saturated rings. The van der Waals surface area contributed by atoms with Crippen LogP contribution in [0, 0.1) is 0 Å². The second kappa shape index (κ2) is 5.32. The average molecular weight is 242 g/mol. The molecule has 0 heterocycles. The summed E-state index contributed by atoms with van der Waals surface area (Å²) in [6, 6.07) is 7.26. The van der Waals surface area contributed by atoms with Gasteiger partial charge in [0.05, 0.1) is 6.42 Å². The van der Waals surface area contributed by atoms with Gasteiger partial charge in [0.15, 0.2) is 0 Å². The van der Waals surface area contributed by atoms with E-state index in [0.717, 1.165) is 5.56 Å². The number of hydrogen-bond acceptors (Lipinski definition) is 2. The molecule has 0 saturated heterocycles. The lowest BCUT2D eigenvalue weighted by Crippen LogP contribution is -2.36. The zero-order valence-corrected chi connectivity index (χ0v) is 10.00. The number of carboxylic acids is 1. The van der Waals surface area contributed by atoms with Crippen LogP contribution < -0.4 is 5.73 Å². The highest BCUT2D eigenvalue weighted by molar-refractivity contribution is 6.30. The van der Waals surface area contributed by atoms with Crippen molar-refractivity contribution < 1.29 is 9.90 Å². The van der Waals surface area contributed by atoms with Gasteiger partial charge in [0, 0.05) is 17.0 Å². The van der Waals surface area contributed by atoms with Crippen molar-refractivity contribution in [2.24, 2.45) is 5.73 Å². The summed E-state index contributed by atoms with van der Waals surface area (Å²) in [5.74, 6) is -0.840. The molecule has 1 rings (SSSR count). The predicted octanol–water partition coefficient (Wildman–Crippen LogP) is 2.42. The Morgan fingerprint density at radius 1 is 1.56 bits per heavy atom. The summed E-state index contributed by atoms with van der Waals surface area (Å²) >= 11 is 5.91. The molecule has 1 unspecified atom stereocenters. The first kappa shape index (κ1) is 13.0. The number of aliphatic carboxylic acids is 1. The molecular weight excluding hydrogens is 226 g/mol. The fourth-order valence-corrected chi connectivity index (χ4v) is 2.06. The largest absolute Gasteiger partial charge is 0.481 e. The van der Waals surface area contributed by atoms with Crippen molar-refractivity contribution in [3.63, 3.8) is 0 Å². The Morgan fingerprint density at radius 3 is 2.69 bits per heavy atom. The summed E-state index contributed by atoms with van der Waals surface area (Å²) in [6.45, 7) is 2.24. The summed E-state index contributed by atoms with van der Waals surface area (Å²) < 4.78 is 0. The molecule has 1 aromatic carbocycles. The highest BCUT2D eigenvalue weighted by Gasteiger charge is 2.31. The maximum Gasteiger partial charge on any atom is 0.304 e. The number of hydrogen-bond donors (Lipinski definition) is 2. The van der Waals surface area contributed by atoms with Crippen LogP contribution in [-0.4, -0.2) is 17.6 Å². The Bertz CT molecular complexity index is 375. The van der Waals surface area contributed by atoms with E-state index in [1.54, 1.807) is 12.1 Å². The number of halogens is 1. The van der Waals surface area contributed by atoms with Gasteiger partial charge in [-0.25, -0.2) is 0 Å². The molecule has 0 aliphatic rings. The molecule has 3 N–H and O–H groups in total. The summed E-state index contributed by atoms with van der Waals surface area (Å²) in [5.41, 5.74) is 6.12. The van der Waals surface area contributed by atoms with Crippen LogP contribution in [0.25, 0.3) is 0 Å². The second-order valence-corrected chi connectivity index (χ2v) is 4.36. The summed E-state index contributed by atoms with van der Waals surface area (Å²) in [5, 5.41) is 9.56. The first-order valence-electron chi connectivity index (χ1n) is 5.22. The van der Waals surface area contributed by atoms with E-state index in [1.165, 1.54) is 0 Å². The van der Waals surface area contributed by atoms with Crippen molar-refractivity contribution in [2.45, 2.75) is 25.2 Å². The molecular formula is C12H16ClNO2. The fourth-order valence-electron chi connectivity index (χ4n) is 1.87. The van der Waals surface area contributed by atoms with Crippen LogP contribution in [0.15, 0.2) is 24.3 Å². The van der Waals surface area contributed by atoms with Crippen LogP contribution in [-0.2, 0) is 10.2 Å². The Balaban J connectivity index is 3.14. The smallest absolute Gasteiger partial charge is 0.304 e. The third kappa shape index (κ3) is 2.74. The molecule has 88 valence electrons. The predicted molar refractivity (Wildman–Crippen MR) is 64.7 cm³/mol. The molecule has 0 saturated carbocycles. The molecule has 0 spiro atoms. The van der Waals surface area contributed by atoms with E-state index in [2.05, 4.69) is 0 Å². The Hall–Kier alpha value is -1.06. The van der Waals surface area contributed by atoms with Gasteiger partial charge in [0.1, 0.15) is 0 Å². The topological polar surface area (TPSA) is 63.3 Å². The lowest BCUT2D eigenvalue weighted by molar-refractivity contribution is -0.138. The highest BCUT2D eigenvalue weighted by Crippen LogP contribution is 2.32. The highest BCUT2D eigenvalue weighted by atomic mass is 35.5. The molecule has 3 nitrogen and oxygen atoms in total. The van der Waals surface area contributed by atoms with Crippen molar-refractivity contribution in [2.75, 3.05) is 6.54 Å². The van der Waals surface area contributed by atoms with Crippen molar-refractivity contribution in [1.29, 1.82) is 0 Å². The van der Waals surface area contributed by atoms with Gasteiger partial charge >= 0.3 is 5.97 Å². The first-order valence-corrected chi connectivity index (χ1v) is 5.60. The number of benzene rings is 1. The molecule has 16 heavy (non-hydrogen) atoms. The van der Waals surface area contributed by atoms with Gasteiger partial charge in [-0.3, -0.25) is 4.79 Å². The average Bonchev–Trinajstić information content (AvgIpc) is 2.25. The van der Waals surface area contributed by atoms with Crippen molar-refractivity contribution in [3.8, 4) is 0 Å². The Kier molecular flexibility index (Phi) is 4.33. The van der Waals surface area contributed by atoms with Crippen molar-refractivity contribution in [1.82, 2.24) is 0 Å². The van der Waals surface area contributed by atoms with Gasteiger partial charge in [0.2, 0.25) is 0 Å². The van der Waals surface area contributed by atoms with E-state index in [0.29, 0.717) is 18.0 Å². The molecule has 0 aromatic heterocycles. The van der Waals surface area contributed by atoms with E-state index < -0.39 is 11.4 Å². The number of nitrogens with two attached hydrogens (primary N) is 1. The normalized spacial score (nSPS) is 14.4. The van der Waals surface area contributed by atoms with Gasteiger partial charge < -0.3 is 10.8 Å². The van der Waals surface area contributed by atoms with Crippen LogP contribution >= 0.6 is 11.6 Å². The molecule has 0 radical (unpaired) electrons. The van der Waals surface area contributed by atoms with Crippen LogP contribution in [0.3, 0.4) is 0 Å². The standard InChI is InChI=1S/C12H16ClNO2/c1-2-12(8-14,7-11(15)16)9-4-3-5-10(13)6-9/h3-6H,2,7-8,14H2,1H3,(H,15,16). The van der Waals surface area contributed by atoms with E-state index >= 15 is 0 Å². The lowest BCUT2D eigenvalue weighted by Gasteiger charge is -2.30. The molecule has 0 bridgehead atoms. The van der Waals surface area contributed by atoms with Gasteiger partial charge in [-0.2, -0.15) is 0 Å². The van der Waals surface area contributed by atoms with E-state index in [4.69, 9.17) is 22.4 Å². The van der Waals surface area contributed by atoms with Gasteiger partial charge in [-0.15, -0.1) is 0 Å². The Labute approximate surface area is 100 Å². The SMILES string of the molecule is CCC(CN)(CC(=O)O)c1cccc(Cl)c1. The van der Waals surface area contributed by atoms with Gasteiger partial charge in [-0.1, -0.05) is 30.7 Å². The van der Waals surface area contributed by atoms with E-state index in [9.17, 15) is 4.79 Å². The van der Waals surface area contributed by atoms with Gasteiger partial charge in [-0.05, 0) is 24.1 Å². The quantitative estimate of drug-likeness (QED) is 0.832. The minimum atomic E-state index is -0.840. The van der Waals surface area contributed by atoms with Crippen LogP contribution in [0.1, 0.15) is 25.3 Å². The molecule has 0 amide bonds. The molecule has 1 aromatic rings. The maximum atomic E-state index is 10.9. The van der Waals surface area contributed by atoms with Crippen LogP contribution in [0.5, 0.6) is 0 Å². The third-order valence-electron chi connectivity index (χ3n) is 2.99. The molecule has 0 aliphatic carbocycles. The zero-order valence-electron chi connectivity index (χ0n) is 9.24. The third-order valence-corrected chi connectivity index (χ3v) is 3.23. The van der Waals surface area contributed by atoms with Crippen LogP contribution in [0.4, 0.5) is 0 Å². The van der Waals surface area contributed by atoms with E-state index in [-0.39, 0.29) is 6.42 Å². The molecule has 4 heteroatoms. The summed E-state index contributed by atoms with van der Waals surface area (Å²) in [6.07, 6.45) is 0.705. The number of carbonyl (C=O) groups is 1. The van der Waals surface area contributed by atoms with Crippen LogP contribution in [0.2, 0.25) is 5.02 Å². The molecule has 0 aliphatic heterocycles. The second-order valence-electron chi connectivity index (χ2n) is 3.92. The van der Waals surface area contributed by atoms with Crippen molar-refractivity contribution in [3.05, 3.63) is 34.9 Å². The lowest BCUT2D eigenvalue weighted by atomic mass is 9.75. The summed E-state index contributed by atoms with van der Waals surface area (Å²) in [7, 11) is 0. The number of carboxylic acid groups (broad SMARTS) is 1. The fraction of sp³-hybridized carbons (Fsp3) is 0.417. The Morgan fingerprint density at radius 2 is 2.25 bits per heavy atom. The summed E-state index contributed by atoms with van der Waals surface area (Å²) in [4.78, 5) is 10.9. The molecule has 1 atom stereocenters. The minimum absolute atomic E-state index is 0.0281. The van der Waals surface area contributed by atoms with Crippen molar-refractivity contribution >= 4 is 17.6 Å². The van der Waals surface area contributed by atoms with E-state index in [1.807, 2.05) is 19.1 Å². The number of rotatable bonds is 5. The zero-order chi connectivity index (χ0) is 12.2.